The van der Waals surface area contributed by atoms with Crippen LogP contribution in [0.25, 0.3) is 22.0 Å². The summed E-state index contributed by atoms with van der Waals surface area (Å²) in [6, 6.07) is 12.8. The van der Waals surface area contributed by atoms with Gasteiger partial charge >= 0.3 is 12.1 Å². The van der Waals surface area contributed by atoms with Crippen LogP contribution in [0.4, 0.5) is 24.9 Å². The van der Waals surface area contributed by atoms with Crippen molar-refractivity contribution in [3.63, 3.8) is 0 Å². The smallest absolute Gasteiger partial charge is 0.429 e. The van der Waals surface area contributed by atoms with Gasteiger partial charge in [-0.05, 0) is 60.4 Å². The number of nitrogens with two attached hydrogens (primary N) is 1. The fourth-order valence-corrected chi connectivity index (χ4v) is 6.07. The molecule has 4 aromatic rings. The number of rotatable bonds is 6. The van der Waals surface area contributed by atoms with Gasteiger partial charge in [-0.2, -0.15) is 23.1 Å². The highest BCUT2D eigenvalue weighted by Gasteiger charge is 2.45. The lowest BCUT2D eigenvalue weighted by molar-refractivity contribution is -0.198. The number of fused-ring (bicyclic) bond motifs is 1. The fraction of sp³-hybridized carbons (Fsp3) is 0.367. The number of H-pyrrole nitrogens is 1. The summed E-state index contributed by atoms with van der Waals surface area (Å²) in [5.41, 5.74) is 9.46. The van der Waals surface area contributed by atoms with E-state index in [-0.39, 0.29) is 22.8 Å². The Labute approximate surface area is 239 Å². The summed E-state index contributed by atoms with van der Waals surface area (Å²) in [7, 11) is 0. The Balaban J connectivity index is 1.19. The van der Waals surface area contributed by atoms with Gasteiger partial charge in [-0.25, -0.2) is 0 Å². The molecule has 2 aromatic carbocycles. The van der Waals surface area contributed by atoms with Gasteiger partial charge in [0.2, 0.25) is 17.9 Å². The number of nitrogens with one attached hydrogen (secondary N) is 2. The molecule has 0 saturated carbocycles. The van der Waals surface area contributed by atoms with Gasteiger partial charge in [0.1, 0.15) is 11.9 Å². The molecule has 0 radical (unpaired) electrons. The van der Waals surface area contributed by atoms with Crippen LogP contribution in [0.3, 0.4) is 0 Å². The van der Waals surface area contributed by atoms with Crippen LogP contribution in [0.2, 0.25) is 0 Å². The molecule has 6 rings (SSSR count). The van der Waals surface area contributed by atoms with Gasteiger partial charge in [0, 0.05) is 48.4 Å². The highest BCUT2D eigenvalue weighted by atomic mass is 19.4. The zero-order valence-electron chi connectivity index (χ0n) is 22.9. The molecule has 0 amide bonds. The summed E-state index contributed by atoms with van der Waals surface area (Å²) < 4.78 is 48.2. The Bertz CT molecular complexity index is 1610. The monoisotopic (exact) mass is 580 g/mol. The number of aromatic nitrogens is 3. The van der Waals surface area contributed by atoms with Crippen molar-refractivity contribution in [2.75, 3.05) is 30.3 Å². The molecule has 12 heteroatoms. The van der Waals surface area contributed by atoms with Crippen molar-refractivity contribution >= 4 is 28.6 Å². The molecule has 42 heavy (non-hydrogen) atoms. The van der Waals surface area contributed by atoms with Gasteiger partial charge in [-0.1, -0.05) is 30.3 Å². The number of nitrogen functional groups attached to an aromatic ring is 1. The number of piperidine rings is 1. The van der Waals surface area contributed by atoms with Crippen LogP contribution in [0, 0.1) is 12.3 Å². The number of benzene rings is 2. The quantitative estimate of drug-likeness (QED) is 0.244. The SMILES string of the molecule is Cc1c[nH]c2ccc(-c3ccc([C@@H](Oc4cc(N5CCC6(CC5)CNC(C(=O)O)C6)nc(N)n4)C(F)(F)F)cc3)cc12. The molecule has 2 aliphatic heterocycles. The maximum Gasteiger partial charge on any atom is 0.429 e. The first-order valence-electron chi connectivity index (χ1n) is 13.8. The summed E-state index contributed by atoms with van der Waals surface area (Å²) in [6.45, 7) is 3.72. The maximum absolute atomic E-state index is 14.3. The van der Waals surface area contributed by atoms with E-state index in [4.69, 9.17) is 10.5 Å². The average Bonchev–Trinajstić information content (AvgIpc) is 3.55. The lowest BCUT2D eigenvalue weighted by atomic mass is 9.76. The predicted octanol–water partition coefficient (Wildman–Crippen LogP) is 5.23. The third-order valence-corrected chi connectivity index (χ3v) is 8.48. The van der Waals surface area contributed by atoms with E-state index in [2.05, 4.69) is 20.3 Å². The Morgan fingerprint density at radius 2 is 1.83 bits per heavy atom. The van der Waals surface area contributed by atoms with Gasteiger partial charge in [-0.15, -0.1) is 0 Å². The van der Waals surface area contributed by atoms with Crippen molar-refractivity contribution in [3.05, 3.63) is 65.9 Å². The van der Waals surface area contributed by atoms with E-state index in [0.717, 1.165) is 40.4 Å². The number of aryl methyl sites for hydroxylation is 1. The molecule has 2 saturated heterocycles. The number of aromatic amines is 1. The molecule has 2 atom stereocenters. The molecule has 2 aromatic heterocycles. The molecule has 220 valence electrons. The molecule has 9 nitrogen and oxygen atoms in total. The van der Waals surface area contributed by atoms with Crippen molar-refractivity contribution in [3.8, 4) is 17.0 Å². The lowest BCUT2D eigenvalue weighted by Gasteiger charge is -2.39. The molecule has 0 aliphatic carbocycles. The number of carboxylic acid groups (broad SMARTS) is 1. The number of nitrogens with zero attached hydrogens (tertiary/aromatic N) is 3. The largest absolute Gasteiger partial charge is 0.480 e. The van der Waals surface area contributed by atoms with Gasteiger partial charge in [-0.3, -0.25) is 4.79 Å². The van der Waals surface area contributed by atoms with E-state index in [1.165, 1.54) is 18.2 Å². The molecule has 1 spiro atoms. The van der Waals surface area contributed by atoms with Crippen LogP contribution in [-0.2, 0) is 4.79 Å². The third-order valence-electron chi connectivity index (χ3n) is 8.48. The van der Waals surface area contributed by atoms with Crippen LogP contribution in [0.5, 0.6) is 5.88 Å². The summed E-state index contributed by atoms with van der Waals surface area (Å²) >= 11 is 0. The number of anilines is 2. The molecule has 4 heterocycles. The van der Waals surface area contributed by atoms with E-state index in [1.807, 2.05) is 36.2 Å². The molecule has 0 bridgehead atoms. The van der Waals surface area contributed by atoms with Crippen molar-refractivity contribution < 1.29 is 27.8 Å². The number of ether oxygens (including phenoxy) is 1. The molecular formula is C30H31F3N6O3. The molecule has 2 fully saturated rings. The van der Waals surface area contributed by atoms with Crippen LogP contribution >= 0.6 is 0 Å². The number of aliphatic carboxylic acids is 1. The fourth-order valence-electron chi connectivity index (χ4n) is 6.07. The molecule has 1 unspecified atom stereocenters. The van der Waals surface area contributed by atoms with Gasteiger partial charge in [0.05, 0.1) is 0 Å². The van der Waals surface area contributed by atoms with Gasteiger partial charge in [0.25, 0.3) is 0 Å². The van der Waals surface area contributed by atoms with E-state index in [1.54, 1.807) is 12.1 Å². The van der Waals surface area contributed by atoms with Crippen LogP contribution in [-0.4, -0.2) is 57.9 Å². The lowest BCUT2D eigenvalue weighted by Crippen LogP contribution is -2.41. The Morgan fingerprint density at radius 3 is 2.50 bits per heavy atom. The van der Waals surface area contributed by atoms with Crippen LogP contribution < -0.4 is 20.7 Å². The standard InChI is InChI=1S/C30H31F3N6O3/c1-17-15-35-22-7-6-20(12-21(17)22)18-2-4-19(5-3-18)26(30(31,32)33)42-25-13-24(37-28(34)38-25)39-10-8-29(9-11-39)14-23(27(40)41)36-16-29/h2-7,12-13,15,23,26,35-36H,8-11,14,16H2,1H3,(H,40,41)(H2,34,37,38)/t23?,26-/m1/s1. The Morgan fingerprint density at radius 1 is 1.12 bits per heavy atom. The second kappa shape index (κ2) is 10.5. The van der Waals surface area contributed by atoms with E-state index in [0.29, 0.717) is 31.9 Å². The van der Waals surface area contributed by atoms with Crippen molar-refractivity contribution in [2.24, 2.45) is 5.41 Å². The number of carboxylic acids is 1. The average molecular weight is 581 g/mol. The first-order chi connectivity index (χ1) is 20.0. The Kier molecular flexibility index (Phi) is 6.96. The predicted molar refractivity (Wildman–Crippen MR) is 152 cm³/mol. The second-order valence-electron chi connectivity index (χ2n) is 11.3. The highest BCUT2D eigenvalue weighted by molar-refractivity contribution is 5.87. The maximum atomic E-state index is 14.3. The number of carbonyl (C=O) groups is 1. The van der Waals surface area contributed by atoms with Gasteiger partial charge < -0.3 is 30.8 Å². The van der Waals surface area contributed by atoms with Crippen LogP contribution in [0.15, 0.2) is 54.7 Å². The van der Waals surface area contributed by atoms with E-state index in [9.17, 15) is 23.1 Å². The summed E-state index contributed by atoms with van der Waals surface area (Å²) in [6.07, 6.45) is -3.07. The van der Waals surface area contributed by atoms with Crippen molar-refractivity contribution in [1.29, 1.82) is 0 Å². The number of alkyl halides is 3. The minimum Gasteiger partial charge on any atom is -0.480 e. The highest BCUT2D eigenvalue weighted by Crippen LogP contribution is 2.41. The minimum absolute atomic E-state index is 0.0643. The summed E-state index contributed by atoms with van der Waals surface area (Å²) in [4.78, 5) is 24.7. The molecule has 5 N–H and O–H groups in total. The first-order valence-corrected chi connectivity index (χ1v) is 13.8. The number of hydrogen-bond donors (Lipinski definition) is 4. The van der Waals surface area contributed by atoms with Crippen molar-refractivity contribution in [2.45, 2.75) is 44.5 Å². The van der Waals surface area contributed by atoms with Gasteiger partial charge in [0.15, 0.2) is 0 Å². The zero-order valence-corrected chi connectivity index (χ0v) is 22.9. The number of halogens is 3. The molecular weight excluding hydrogens is 549 g/mol. The topological polar surface area (TPSA) is 129 Å². The summed E-state index contributed by atoms with van der Waals surface area (Å²) in [5, 5.41) is 13.5. The van der Waals surface area contributed by atoms with E-state index < -0.39 is 24.3 Å². The Hall–Kier alpha value is -4.32. The minimum atomic E-state index is -4.71. The van der Waals surface area contributed by atoms with Crippen LogP contribution in [0.1, 0.15) is 36.5 Å². The molecule has 2 aliphatic rings. The second-order valence-corrected chi connectivity index (χ2v) is 11.3. The normalized spacial score (nSPS) is 19.3. The third kappa shape index (κ3) is 5.46. The van der Waals surface area contributed by atoms with E-state index >= 15 is 0 Å². The number of hydrogen-bond acceptors (Lipinski definition) is 7. The zero-order chi connectivity index (χ0) is 29.6. The van der Waals surface area contributed by atoms with Crippen molar-refractivity contribution in [1.82, 2.24) is 20.3 Å². The first kappa shape index (κ1) is 27.8. The summed E-state index contributed by atoms with van der Waals surface area (Å²) in [5.74, 6) is -0.948.